The number of hydrogen-bond acceptors (Lipinski definition) is 3. The summed E-state index contributed by atoms with van der Waals surface area (Å²) in [5, 5.41) is 0. The molecule has 1 amide bonds. The minimum absolute atomic E-state index is 0.0212. The molecule has 0 aromatic heterocycles. The molecule has 1 aliphatic rings. The summed E-state index contributed by atoms with van der Waals surface area (Å²) in [4.78, 5) is 14.5. The van der Waals surface area contributed by atoms with Gasteiger partial charge in [0.05, 0.1) is 11.4 Å². The smallest absolute Gasteiger partial charge is 0.243 e. The first kappa shape index (κ1) is 18.5. The molecule has 0 N–H and O–H groups in total. The van der Waals surface area contributed by atoms with Crippen LogP contribution in [0.2, 0.25) is 0 Å². The second-order valence-corrected chi connectivity index (χ2v) is 8.27. The maximum Gasteiger partial charge on any atom is 0.243 e. The summed E-state index contributed by atoms with van der Waals surface area (Å²) in [7, 11) is -3.87. The fourth-order valence-electron chi connectivity index (χ4n) is 3.30. The lowest BCUT2D eigenvalue weighted by Gasteiger charge is -2.27. The number of carbonyl (C=O) groups excluding carboxylic acids is 1. The Kier molecular flexibility index (Phi) is 5.11. The van der Waals surface area contributed by atoms with Crippen LogP contribution in [-0.4, -0.2) is 37.8 Å². The van der Waals surface area contributed by atoms with Gasteiger partial charge in [0.1, 0.15) is 5.82 Å². The van der Waals surface area contributed by atoms with Crippen LogP contribution in [0.3, 0.4) is 0 Å². The number of hydrogen-bond donors (Lipinski definition) is 0. The summed E-state index contributed by atoms with van der Waals surface area (Å²) in [6.07, 6.45) is 0.749. The van der Waals surface area contributed by atoms with Gasteiger partial charge in [-0.05, 0) is 49.2 Å². The maximum absolute atomic E-state index is 13.1. The molecule has 7 heteroatoms. The minimum atomic E-state index is -3.87. The van der Waals surface area contributed by atoms with Crippen molar-refractivity contribution in [3.63, 3.8) is 0 Å². The third-order valence-electron chi connectivity index (χ3n) is 4.59. The highest BCUT2D eigenvalue weighted by molar-refractivity contribution is 7.89. The predicted octanol–water partition coefficient (Wildman–Crippen LogP) is 2.81. The van der Waals surface area contributed by atoms with E-state index >= 15 is 0 Å². The normalized spacial score (nSPS) is 16.8. The average molecular weight is 376 g/mol. The largest absolute Gasteiger partial charge is 0.308 e. The van der Waals surface area contributed by atoms with Crippen LogP contribution >= 0.6 is 0 Å². The Hall–Kier alpha value is -2.25. The van der Waals surface area contributed by atoms with Crippen molar-refractivity contribution < 1.29 is 17.6 Å². The Labute approximate surface area is 153 Å². The van der Waals surface area contributed by atoms with Crippen molar-refractivity contribution >= 4 is 21.6 Å². The molecule has 0 saturated heterocycles. The van der Waals surface area contributed by atoms with Crippen LogP contribution in [-0.2, 0) is 21.2 Å². The zero-order valence-electron chi connectivity index (χ0n) is 14.7. The third kappa shape index (κ3) is 3.37. The summed E-state index contributed by atoms with van der Waals surface area (Å²) in [5.74, 6) is -0.777. The van der Waals surface area contributed by atoms with Gasteiger partial charge >= 0.3 is 0 Å². The fourth-order valence-corrected chi connectivity index (χ4v) is 4.69. The van der Waals surface area contributed by atoms with Gasteiger partial charge in [0.15, 0.2) is 0 Å². The number of anilines is 1. The quantitative estimate of drug-likeness (QED) is 0.806. The molecule has 138 valence electrons. The van der Waals surface area contributed by atoms with E-state index in [9.17, 15) is 17.6 Å². The molecule has 0 saturated carbocycles. The Morgan fingerprint density at radius 2 is 1.85 bits per heavy atom. The number of carbonyl (C=O) groups is 1. The summed E-state index contributed by atoms with van der Waals surface area (Å²) in [5.41, 5.74) is 1.91. The van der Waals surface area contributed by atoms with Gasteiger partial charge in [-0.1, -0.05) is 25.1 Å². The summed E-state index contributed by atoms with van der Waals surface area (Å²) >= 11 is 0. The van der Waals surface area contributed by atoms with Crippen LogP contribution in [0.15, 0.2) is 53.4 Å². The van der Waals surface area contributed by atoms with Crippen molar-refractivity contribution in [2.75, 3.05) is 18.0 Å². The van der Waals surface area contributed by atoms with E-state index in [2.05, 4.69) is 0 Å². The number of amides is 1. The molecule has 5 nitrogen and oxygen atoms in total. The van der Waals surface area contributed by atoms with Crippen molar-refractivity contribution in [3.8, 4) is 0 Å². The van der Waals surface area contributed by atoms with Crippen molar-refractivity contribution in [1.29, 1.82) is 0 Å². The molecule has 26 heavy (non-hydrogen) atoms. The van der Waals surface area contributed by atoms with Crippen LogP contribution in [0.25, 0.3) is 0 Å². The monoisotopic (exact) mass is 376 g/mol. The van der Waals surface area contributed by atoms with Gasteiger partial charge in [-0.15, -0.1) is 0 Å². The molecule has 1 atom stereocenters. The van der Waals surface area contributed by atoms with E-state index in [1.165, 1.54) is 12.1 Å². The maximum atomic E-state index is 13.1. The number of sulfonamides is 1. The summed E-state index contributed by atoms with van der Waals surface area (Å²) in [6, 6.07) is 12.3. The number of likely N-dealkylation sites (N-methyl/N-ethyl adjacent to an activating group) is 1. The second kappa shape index (κ2) is 7.17. The van der Waals surface area contributed by atoms with Gasteiger partial charge in [0, 0.05) is 18.3 Å². The van der Waals surface area contributed by atoms with Gasteiger partial charge in [-0.25, -0.2) is 12.8 Å². The van der Waals surface area contributed by atoms with E-state index in [4.69, 9.17) is 0 Å². The third-order valence-corrected chi connectivity index (χ3v) is 6.53. The first-order valence-electron chi connectivity index (χ1n) is 8.50. The molecule has 2 aromatic carbocycles. The van der Waals surface area contributed by atoms with E-state index in [0.717, 1.165) is 34.1 Å². The van der Waals surface area contributed by atoms with Crippen LogP contribution in [0.5, 0.6) is 0 Å². The molecule has 2 aromatic rings. The highest BCUT2D eigenvalue weighted by Gasteiger charge is 2.33. The molecular weight excluding hydrogens is 355 g/mol. The number of halogens is 1. The van der Waals surface area contributed by atoms with Gasteiger partial charge in [-0.3, -0.25) is 4.79 Å². The Balaban J connectivity index is 1.84. The molecule has 1 aliphatic heterocycles. The number of nitrogens with zero attached hydrogens (tertiary/aromatic N) is 2. The Bertz CT molecular complexity index is 913. The lowest BCUT2D eigenvalue weighted by atomic mass is 10.1. The highest BCUT2D eigenvalue weighted by Crippen LogP contribution is 2.32. The first-order valence-corrected chi connectivity index (χ1v) is 9.94. The van der Waals surface area contributed by atoms with Crippen LogP contribution in [0, 0.1) is 5.82 Å². The predicted molar refractivity (Wildman–Crippen MR) is 97.9 cm³/mol. The molecule has 0 bridgehead atoms. The van der Waals surface area contributed by atoms with Crippen molar-refractivity contribution in [1.82, 2.24) is 4.31 Å². The van der Waals surface area contributed by atoms with Gasteiger partial charge in [0.25, 0.3) is 0 Å². The molecule has 0 radical (unpaired) electrons. The first-order chi connectivity index (χ1) is 12.3. The highest BCUT2D eigenvalue weighted by atomic mass is 32.2. The van der Waals surface area contributed by atoms with Crippen molar-refractivity contribution in [3.05, 3.63) is 59.9 Å². The zero-order valence-corrected chi connectivity index (χ0v) is 15.5. The molecule has 1 heterocycles. The van der Waals surface area contributed by atoms with E-state index in [-0.39, 0.29) is 29.9 Å². The summed E-state index contributed by atoms with van der Waals surface area (Å²) < 4.78 is 39.8. The minimum Gasteiger partial charge on any atom is -0.308 e. The van der Waals surface area contributed by atoms with Crippen molar-refractivity contribution in [2.24, 2.45) is 0 Å². The van der Waals surface area contributed by atoms with Gasteiger partial charge in [0.2, 0.25) is 15.9 Å². The zero-order chi connectivity index (χ0) is 18.9. The van der Waals surface area contributed by atoms with E-state index in [1.54, 1.807) is 11.8 Å². The van der Waals surface area contributed by atoms with E-state index < -0.39 is 15.8 Å². The fraction of sp³-hybridized carbons (Fsp3) is 0.316. The Morgan fingerprint density at radius 3 is 2.50 bits per heavy atom. The lowest BCUT2D eigenvalue weighted by molar-refractivity contribution is -0.119. The molecule has 0 fully saturated rings. The van der Waals surface area contributed by atoms with E-state index in [1.807, 2.05) is 31.2 Å². The standard InChI is InChI=1S/C19H21FN2O3S/c1-3-21(26(24,25)17-10-8-16(20)9-11-17)13-19(23)22-14(2)12-15-6-4-5-7-18(15)22/h4-11,14H,3,12-13H2,1-2H3/t14-/m0/s1. The van der Waals surface area contributed by atoms with Gasteiger partial charge in [-0.2, -0.15) is 4.31 Å². The number of fused-ring (bicyclic) bond motifs is 1. The van der Waals surface area contributed by atoms with E-state index in [0.29, 0.717) is 0 Å². The molecule has 3 rings (SSSR count). The van der Waals surface area contributed by atoms with Crippen LogP contribution < -0.4 is 4.90 Å². The molecule has 0 unspecified atom stereocenters. The topological polar surface area (TPSA) is 57.7 Å². The molecule has 0 aliphatic carbocycles. The summed E-state index contributed by atoms with van der Waals surface area (Å²) in [6.45, 7) is 3.52. The van der Waals surface area contributed by atoms with Crippen LogP contribution in [0.4, 0.5) is 10.1 Å². The Morgan fingerprint density at radius 1 is 1.19 bits per heavy atom. The number of rotatable bonds is 5. The second-order valence-electron chi connectivity index (χ2n) is 6.33. The van der Waals surface area contributed by atoms with Crippen LogP contribution in [0.1, 0.15) is 19.4 Å². The lowest BCUT2D eigenvalue weighted by Crippen LogP contribution is -2.45. The molecular formula is C19H21FN2O3S. The van der Waals surface area contributed by atoms with Gasteiger partial charge < -0.3 is 4.90 Å². The SMILES string of the molecule is CCN(CC(=O)N1c2ccccc2C[C@@H]1C)S(=O)(=O)c1ccc(F)cc1. The number of benzene rings is 2. The van der Waals surface area contributed by atoms with Crippen molar-refractivity contribution in [2.45, 2.75) is 31.2 Å². The number of para-hydroxylation sites is 1. The molecule has 0 spiro atoms. The average Bonchev–Trinajstić information content (AvgIpc) is 2.95.